The van der Waals surface area contributed by atoms with Crippen molar-refractivity contribution in [2.24, 2.45) is 0 Å². The lowest BCUT2D eigenvalue weighted by atomic mass is 9.85. The molecule has 4 heteroatoms. The molecule has 0 bridgehead atoms. The predicted molar refractivity (Wildman–Crippen MR) is 79.0 cm³/mol. The summed E-state index contributed by atoms with van der Waals surface area (Å²) in [6, 6.07) is 7.68. The van der Waals surface area contributed by atoms with E-state index in [0.29, 0.717) is 0 Å². The van der Waals surface area contributed by atoms with E-state index in [1.807, 2.05) is 24.3 Å². The summed E-state index contributed by atoms with van der Waals surface area (Å²) in [5.74, 6) is 0.811. The first-order valence-corrected chi connectivity index (χ1v) is 7.26. The van der Waals surface area contributed by atoms with Crippen LogP contribution in [0.25, 0.3) is 0 Å². The fraction of sp³-hybridized carbons (Fsp3) is 0.625. The summed E-state index contributed by atoms with van der Waals surface area (Å²) >= 11 is 0. The number of nitrogens with zero attached hydrogens (tertiary/aromatic N) is 1. The zero-order valence-corrected chi connectivity index (χ0v) is 12.6. The van der Waals surface area contributed by atoms with Crippen LogP contribution in [0.3, 0.4) is 0 Å². The molecule has 4 nitrogen and oxygen atoms in total. The van der Waals surface area contributed by atoms with Crippen LogP contribution in [0, 0.1) is 0 Å². The summed E-state index contributed by atoms with van der Waals surface area (Å²) in [5.41, 5.74) is 0.667. The highest BCUT2D eigenvalue weighted by Crippen LogP contribution is 2.35. The van der Waals surface area contributed by atoms with Crippen LogP contribution >= 0.6 is 0 Å². The molecular weight excluding hydrogens is 254 g/mol. The average Bonchev–Trinajstić information content (AvgIpc) is 2.54. The largest absolute Gasteiger partial charge is 0.497 e. The fourth-order valence-corrected chi connectivity index (χ4v) is 2.81. The van der Waals surface area contributed by atoms with Gasteiger partial charge in [-0.15, -0.1) is 0 Å². The van der Waals surface area contributed by atoms with Gasteiger partial charge in [0.1, 0.15) is 5.75 Å². The monoisotopic (exact) mass is 279 g/mol. The van der Waals surface area contributed by atoms with Crippen LogP contribution in [0.15, 0.2) is 24.3 Å². The Labute approximate surface area is 121 Å². The van der Waals surface area contributed by atoms with Crippen molar-refractivity contribution in [2.75, 3.05) is 33.4 Å². The van der Waals surface area contributed by atoms with Crippen molar-refractivity contribution >= 4 is 0 Å². The molecule has 2 rings (SSSR count). The maximum atomic E-state index is 10.8. The van der Waals surface area contributed by atoms with Gasteiger partial charge in [0.25, 0.3) is 0 Å². The number of aliphatic hydroxyl groups is 1. The zero-order chi connectivity index (χ0) is 14.6. The highest BCUT2D eigenvalue weighted by molar-refractivity contribution is 5.30. The first kappa shape index (κ1) is 15.3. The SMILES string of the molecule is CCC(C)(C(O)c1ccc(OC)cc1)N1CCOCC1. The van der Waals surface area contributed by atoms with Gasteiger partial charge in [0.2, 0.25) is 0 Å². The van der Waals surface area contributed by atoms with E-state index in [4.69, 9.17) is 9.47 Å². The van der Waals surface area contributed by atoms with Crippen LogP contribution < -0.4 is 4.74 Å². The van der Waals surface area contributed by atoms with E-state index in [2.05, 4.69) is 18.7 Å². The van der Waals surface area contributed by atoms with Crippen molar-refractivity contribution in [3.05, 3.63) is 29.8 Å². The number of aliphatic hydroxyl groups excluding tert-OH is 1. The summed E-state index contributed by atoms with van der Waals surface area (Å²) in [6.45, 7) is 7.49. The molecule has 0 spiro atoms. The Kier molecular flexibility index (Phi) is 5.02. The third-order valence-electron chi connectivity index (χ3n) is 4.47. The van der Waals surface area contributed by atoms with Gasteiger partial charge < -0.3 is 14.6 Å². The minimum absolute atomic E-state index is 0.266. The minimum atomic E-state index is -0.517. The molecule has 1 fully saturated rings. The summed E-state index contributed by atoms with van der Waals surface area (Å²) in [7, 11) is 1.65. The molecule has 1 saturated heterocycles. The van der Waals surface area contributed by atoms with Crippen LogP contribution in [0.2, 0.25) is 0 Å². The Morgan fingerprint density at radius 2 is 1.90 bits per heavy atom. The van der Waals surface area contributed by atoms with Crippen LogP contribution in [0.5, 0.6) is 5.75 Å². The van der Waals surface area contributed by atoms with Gasteiger partial charge in [-0.25, -0.2) is 0 Å². The number of hydrogen-bond donors (Lipinski definition) is 1. The highest BCUT2D eigenvalue weighted by Gasteiger charge is 2.38. The third kappa shape index (κ3) is 2.97. The molecule has 1 aromatic carbocycles. The van der Waals surface area contributed by atoms with E-state index in [1.165, 1.54) is 0 Å². The van der Waals surface area contributed by atoms with Crippen LogP contribution in [0.1, 0.15) is 31.9 Å². The lowest BCUT2D eigenvalue weighted by molar-refractivity contribution is -0.0734. The van der Waals surface area contributed by atoms with E-state index >= 15 is 0 Å². The van der Waals surface area contributed by atoms with Gasteiger partial charge in [0.15, 0.2) is 0 Å². The van der Waals surface area contributed by atoms with Crippen LogP contribution in [0.4, 0.5) is 0 Å². The molecule has 0 saturated carbocycles. The van der Waals surface area contributed by atoms with Gasteiger partial charge in [-0.1, -0.05) is 19.1 Å². The number of hydrogen-bond acceptors (Lipinski definition) is 4. The summed E-state index contributed by atoms with van der Waals surface area (Å²) in [6.07, 6.45) is 0.372. The predicted octanol–water partition coefficient (Wildman–Crippen LogP) is 2.23. The van der Waals surface area contributed by atoms with E-state index in [1.54, 1.807) is 7.11 Å². The van der Waals surface area contributed by atoms with E-state index in [-0.39, 0.29) is 5.54 Å². The van der Waals surface area contributed by atoms with Crippen molar-refractivity contribution in [1.82, 2.24) is 4.90 Å². The topological polar surface area (TPSA) is 41.9 Å². The standard InChI is InChI=1S/C16H25NO3/c1-4-16(2,17-9-11-20-12-10-17)15(18)13-5-7-14(19-3)8-6-13/h5-8,15,18H,4,9-12H2,1-3H3. The van der Waals surface area contributed by atoms with Crippen molar-refractivity contribution in [3.8, 4) is 5.75 Å². The van der Waals surface area contributed by atoms with Gasteiger partial charge in [-0.05, 0) is 31.0 Å². The minimum Gasteiger partial charge on any atom is -0.497 e. The second-order valence-corrected chi connectivity index (χ2v) is 5.49. The molecule has 1 aromatic rings. The van der Waals surface area contributed by atoms with Gasteiger partial charge in [0.05, 0.1) is 26.4 Å². The fourth-order valence-electron chi connectivity index (χ4n) is 2.81. The lowest BCUT2D eigenvalue weighted by Gasteiger charge is -2.46. The molecule has 0 radical (unpaired) electrons. The Hall–Kier alpha value is -1.10. The first-order valence-electron chi connectivity index (χ1n) is 7.26. The molecule has 0 aliphatic carbocycles. The quantitative estimate of drug-likeness (QED) is 0.897. The van der Waals surface area contributed by atoms with E-state index < -0.39 is 6.10 Å². The molecule has 1 heterocycles. The molecule has 20 heavy (non-hydrogen) atoms. The Morgan fingerprint density at radius 1 is 1.30 bits per heavy atom. The third-order valence-corrected chi connectivity index (χ3v) is 4.47. The number of benzene rings is 1. The van der Waals surface area contributed by atoms with Gasteiger partial charge in [-0.3, -0.25) is 4.90 Å². The highest BCUT2D eigenvalue weighted by atomic mass is 16.5. The molecule has 2 unspecified atom stereocenters. The first-order chi connectivity index (χ1) is 9.61. The number of morpholine rings is 1. The van der Waals surface area contributed by atoms with Crippen LogP contribution in [-0.4, -0.2) is 49.0 Å². The maximum absolute atomic E-state index is 10.8. The molecule has 1 aliphatic rings. The zero-order valence-electron chi connectivity index (χ0n) is 12.6. The molecular formula is C16H25NO3. The Balaban J connectivity index is 2.19. The number of ether oxygens (including phenoxy) is 2. The average molecular weight is 279 g/mol. The van der Waals surface area contributed by atoms with Crippen molar-refractivity contribution in [3.63, 3.8) is 0 Å². The van der Waals surface area contributed by atoms with E-state index in [0.717, 1.165) is 44.0 Å². The molecule has 0 amide bonds. The molecule has 112 valence electrons. The smallest absolute Gasteiger partial charge is 0.118 e. The lowest BCUT2D eigenvalue weighted by Crippen LogP contribution is -2.54. The van der Waals surface area contributed by atoms with Crippen molar-refractivity contribution in [1.29, 1.82) is 0 Å². The normalized spacial score (nSPS) is 21.2. The Bertz CT molecular complexity index is 414. The summed E-state index contributed by atoms with van der Waals surface area (Å²) < 4.78 is 10.6. The Morgan fingerprint density at radius 3 is 2.40 bits per heavy atom. The number of methoxy groups -OCH3 is 1. The number of rotatable bonds is 5. The van der Waals surface area contributed by atoms with E-state index in [9.17, 15) is 5.11 Å². The van der Waals surface area contributed by atoms with Gasteiger partial charge in [0, 0.05) is 18.6 Å². The summed E-state index contributed by atoms with van der Waals surface area (Å²) in [5, 5.41) is 10.8. The summed E-state index contributed by atoms with van der Waals surface area (Å²) in [4.78, 5) is 2.34. The second-order valence-electron chi connectivity index (χ2n) is 5.49. The molecule has 1 N–H and O–H groups in total. The molecule has 0 aromatic heterocycles. The molecule has 1 aliphatic heterocycles. The van der Waals surface area contributed by atoms with Gasteiger partial charge in [-0.2, -0.15) is 0 Å². The molecule has 2 atom stereocenters. The maximum Gasteiger partial charge on any atom is 0.118 e. The van der Waals surface area contributed by atoms with Gasteiger partial charge >= 0.3 is 0 Å². The van der Waals surface area contributed by atoms with Crippen LogP contribution in [-0.2, 0) is 4.74 Å². The second kappa shape index (κ2) is 6.57. The van der Waals surface area contributed by atoms with Crippen molar-refractivity contribution < 1.29 is 14.6 Å². The van der Waals surface area contributed by atoms with Crippen molar-refractivity contribution in [2.45, 2.75) is 31.9 Å².